The maximum Gasteiger partial charge on any atom is 0.404 e. The van der Waals surface area contributed by atoms with Crippen molar-refractivity contribution in [1.82, 2.24) is 5.32 Å². The van der Waals surface area contributed by atoms with E-state index in [9.17, 15) is 4.79 Å². The summed E-state index contributed by atoms with van der Waals surface area (Å²) in [5.41, 5.74) is 2.51. The first-order valence-electron chi connectivity index (χ1n) is 4.71. The molecule has 3 nitrogen and oxygen atoms in total. The summed E-state index contributed by atoms with van der Waals surface area (Å²) < 4.78 is 0. The average Bonchev–Trinajstić information content (AvgIpc) is 2.12. The summed E-state index contributed by atoms with van der Waals surface area (Å²) in [7, 11) is 0. The van der Waals surface area contributed by atoms with Gasteiger partial charge in [0.1, 0.15) is 0 Å². The molecule has 1 amide bonds. The molecular weight excluding hydrogens is 178 g/mol. The van der Waals surface area contributed by atoms with E-state index in [1.807, 2.05) is 6.07 Å². The molecule has 0 unspecified atom stereocenters. The van der Waals surface area contributed by atoms with Crippen LogP contribution in [0.25, 0.3) is 0 Å². The summed E-state index contributed by atoms with van der Waals surface area (Å²) in [4.78, 5) is 10.2. The van der Waals surface area contributed by atoms with Crippen LogP contribution in [0.2, 0.25) is 0 Å². The van der Waals surface area contributed by atoms with Gasteiger partial charge in [0.15, 0.2) is 0 Å². The predicted octanol–water partition coefficient (Wildman–Crippen LogP) is 2.20. The molecule has 3 heteroatoms. The molecule has 1 aromatic rings. The zero-order valence-corrected chi connectivity index (χ0v) is 8.29. The van der Waals surface area contributed by atoms with Gasteiger partial charge in [0.05, 0.1) is 0 Å². The molecule has 0 spiro atoms. The summed E-state index contributed by atoms with van der Waals surface area (Å²) in [5, 5.41) is 10.7. The van der Waals surface area contributed by atoms with Crippen LogP contribution in [0.3, 0.4) is 0 Å². The number of aryl methyl sites for hydroxylation is 2. The number of amides is 1. The van der Waals surface area contributed by atoms with Crippen molar-refractivity contribution in [2.24, 2.45) is 0 Å². The molecule has 0 bridgehead atoms. The minimum absolute atomic E-state index is 0.517. The van der Waals surface area contributed by atoms with Gasteiger partial charge in [0, 0.05) is 6.54 Å². The fourth-order valence-corrected chi connectivity index (χ4v) is 1.36. The molecule has 2 N–H and O–H groups in total. The minimum Gasteiger partial charge on any atom is -0.465 e. The quantitative estimate of drug-likeness (QED) is 0.720. The number of carboxylic acid groups (broad SMARTS) is 1. The van der Waals surface area contributed by atoms with Crippen molar-refractivity contribution in [2.75, 3.05) is 6.54 Å². The van der Waals surface area contributed by atoms with Crippen LogP contribution in [0.5, 0.6) is 0 Å². The predicted molar refractivity (Wildman–Crippen MR) is 55.5 cm³/mol. The zero-order valence-electron chi connectivity index (χ0n) is 8.29. The van der Waals surface area contributed by atoms with E-state index in [4.69, 9.17) is 5.11 Å². The molecule has 0 atom stereocenters. The van der Waals surface area contributed by atoms with E-state index in [0.29, 0.717) is 6.54 Å². The summed E-state index contributed by atoms with van der Waals surface area (Å²) in [6.07, 6.45) is 0.812. The minimum atomic E-state index is -0.950. The van der Waals surface area contributed by atoms with Gasteiger partial charge in [-0.25, -0.2) is 4.79 Å². The van der Waals surface area contributed by atoms with Crippen LogP contribution in [0.4, 0.5) is 4.79 Å². The number of carbonyl (C=O) groups is 1. The van der Waals surface area contributed by atoms with Crippen molar-refractivity contribution in [3.63, 3.8) is 0 Å². The lowest BCUT2D eigenvalue weighted by atomic mass is 10.1. The summed E-state index contributed by atoms with van der Waals surface area (Å²) in [6.45, 7) is 2.57. The normalized spacial score (nSPS) is 9.79. The number of rotatable bonds is 4. The third-order valence-corrected chi connectivity index (χ3v) is 2.00. The lowest BCUT2D eigenvalue weighted by Gasteiger charge is -2.02. The second-order valence-electron chi connectivity index (χ2n) is 3.32. The Labute approximate surface area is 83.8 Å². The van der Waals surface area contributed by atoms with Crippen LogP contribution in [0.1, 0.15) is 17.5 Å². The number of hydrogen-bond donors (Lipinski definition) is 2. The van der Waals surface area contributed by atoms with Crippen molar-refractivity contribution in [3.05, 3.63) is 35.4 Å². The van der Waals surface area contributed by atoms with Crippen molar-refractivity contribution in [3.8, 4) is 0 Å². The number of benzene rings is 1. The Kier molecular flexibility index (Phi) is 3.98. The third-order valence-electron chi connectivity index (χ3n) is 2.00. The lowest BCUT2D eigenvalue weighted by molar-refractivity contribution is 0.194. The van der Waals surface area contributed by atoms with Gasteiger partial charge in [0.25, 0.3) is 0 Å². The maximum absolute atomic E-state index is 10.2. The van der Waals surface area contributed by atoms with Crippen molar-refractivity contribution >= 4 is 6.09 Å². The highest BCUT2D eigenvalue weighted by molar-refractivity contribution is 5.64. The molecule has 0 radical (unpaired) electrons. The van der Waals surface area contributed by atoms with Crippen LogP contribution < -0.4 is 5.32 Å². The molecular formula is C11H15NO2. The van der Waals surface area contributed by atoms with Gasteiger partial charge >= 0.3 is 6.09 Å². The van der Waals surface area contributed by atoms with Crippen molar-refractivity contribution in [2.45, 2.75) is 19.8 Å². The smallest absolute Gasteiger partial charge is 0.404 e. The fourth-order valence-electron chi connectivity index (χ4n) is 1.36. The SMILES string of the molecule is Cc1cccc(CCCNC(=O)O)c1. The maximum atomic E-state index is 10.2. The van der Waals surface area contributed by atoms with Crippen LogP contribution in [-0.4, -0.2) is 17.7 Å². The second-order valence-corrected chi connectivity index (χ2v) is 3.32. The summed E-state index contributed by atoms with van der Waals surface area (Å²) in [6, 6.07) is 8.27. The molecule has 1 aromatic carbocycles. The Morgan fingerprint density at radius 1 is 1.50 bits per heavy atom. The molecule has 76 valence electrons. The highest BCUT2D eigenvalue weighted by atomic mass is 16.4. The first kappa shape index (κ1) is 10.6. The monoisotopic (exact) mass is 193 g/mol. The molecule has 0 heterocycles. The van der Waals surface area contributed by atoms with E-state index in [1.54, 1.807) is 0 Å². The second kappa shape index (κ2) is 5.27. The molecule has 0 saturated carbocycles. The topological polar surface area (TPSA) is 49.3 Å². The van der Waals surface area contributed by atoms with Gasteiger partial charge in [-0.15, -0.1) is 0 Å². The molecule has 0 aromatic heterocycles. The van der Waals surface area contributed by atoms with Crippen molar-refractivity contribution in [1.29, 1.82) is 0 Å². The number of hydrogen-bond acceptors (Lipinski definition) is 1. The van der Waals surface area contributed by atoms with E-state index >= 15 is 0 Å². The molecule has 0 aliphatic heterocycles. The van der Waals surface area contributed by atoms with Gasteiger partial charge in [-0.2, -0.15) is 0 Å². The largest absolute Gasteiger partial charge is 0.465 e. The van der Waals surface area contributed by atoms with Crippen molar-refractivity contribution < 1.29 is 9.90 Å². The highest BCUT2D eigenvalue weighted by Gasteiger charge is 1.95. The van der Waals surface area contributed by atoms with Gasteiger partial charge in [-0.3, -0.25) is 0 Å². The Bertz CT molecular complexity index is 310. The molecule has 0 saturated heterocycles. The Morgan fingerprint density at radius 3 is 2.93 bits per heavy atom. The molecule has 0 fully saturated rings. The van der Waals surface area contributed by atoms with Gasteiger partial charge < -0.3 is 10.4 Å². The molecule has 0 aliphatic carbocycles. The van der Waals surface area contributed by atoms with Gasteiger partial charge in [-0.05, 0) is 25.3 Å². The lowest BCUT2D eigenvalue weighted by Crippen LogP contribution is -2.22. The third kappa shape index (κ3) is 3.94. The zero-order chi connectivity index (χ0) is 10.4. The van der Waals surface area contributed by atoms with Crippen LogP contribution in [0.15, 0.2) is 24.3 Å². The molecule has 0 aliphatic rings. The van der Waals surface area contributed by atoms with Crippen LogP contribution in [-0.2, 0) is 6.42 Å². The van der Waals surface area contributed by atoms with Gasteiger partial charge in [0.2, 0.25) is 0 Å². The average molecular weight is 193 g/mol. The Hall–Kier alpha value is -1.51. The van der Waals surface area contributed by atoms with E-state index in [2.05, 4.69) is 30.4 Å². The summed E-state index contributed by atoms with van der Waals surface area (Å²) in [5.74, 6) is 0. The first-order chi connectivity index (χ1) is 6.68. The fraction of sp³-hybridized carbons (Fsp3) is 0.364. The van der Waals surface area contributed by atoms with Crippen LogP contribution >= 0.6 is 0 Å². The van der Waals surface area contributed by atoms with E-state index in [1.165, 1.54) is 11.1 Å². The van der Waals surface area contributed by atoms with E-state index < -0.39 is 6.09 Å². The summed E-state index contributed by atoms with van der Waals surface area (Å²) >= 11 is 0. The van der Waals surface area contributed by atoms with Crippen LogP contribution in [0, 0.1) is 6.92 Å². The first-order valence-corrected chi connectivity index (χ1v) is 4.71. The van der Waals surface area contributed by atoms with E-state index in [0.717, 1.165) is 12.8 Å². The molecule has 1 rings (SSSR count). The van der Waals surface area contributed by atoms with E-state index in [-0.39, 0.29) is 0 Å². The Balaban J connectivity index is 2.28. The Morgan fingerprint density at radius 2 is 2.29 bits per heavy atom. The molecule has 14 heavy (non-hydrogen) atoms. The van der Waals surface area contributed by atoms with Gasteiger partial charge in [-0.1, -0.05) is 29.8 Å². The number of nitrogens with one attached hydrogen (secondary N) is 1. The standard InChI is InChI=1S/C11H15NO2/c1-9-4-2-5-10(8-9)6-3-7-12-11(13)14/h2,4-5,8,12H,3,6-7H2,1H3,(H,13,14). The highest BCUT2D eigenvalue weighted by Crippen LogP contribution is 2.05.